The van der Waals surface area contributed by atoms with Crippen LogP contribution in [0.5, 0.6) is 0 Å². The van der Waals surface area contributed by atoms with Crippen LogP contribution in [-0.4, -0.2) is 35.3 Å². The summed E-state index contributed by atoms with van der Waals surface area (Å²) in [7, 11) is 0. The van der Waals surface area contributed by atoms with Crippen LogP contribution < -0.4 is 10.6 Å². The topological polar surface area (TPSA) is 59.0 Å². The fraction of sp³-hybridized carbons (Fsp3) is 0.750. The van der Waals surface area contributed by atoms with Crippen LogP contribution >= 0.6 is 0 Å². The Morgan fingerprint density at radius 2 is 2.43 bits per heavy atom. The van der Waals surface area contributed by atoms with Crippen molar-refractivity contribution in [1.82, 2.24) is 20.4 Å². The molecule has 1 aliphatic carbocycles. The quantitative estimate of drug-likeness (QED) is 0.843. The lowest BCUT2D eigenvalue weighted by atomic mass is 10.0. The van der Waals surface area contributed by atoms with E-state index in [4.69, 9.17) is 0 Å². The zero-order valence-corrected chi connectivity index (χ0v) is 12.9. The Balaban J connectivity index is 1.54. The summed E-state index contributed by atoms with van der Waals surface area (Å²) in [6.45, 7) is 5.05. The van der Waals surface area contributed by atoms with E-state index in [2.05, 4.69) is 22.7 Å². The minimum Gasteiger partial charge on any atom is -0.350 e. The van der Waals surface area contributed by atoms with Crippen molar-refractivity contribution >= 4 is 5.91 Å². The maximum absolute atomic E-state index is 12.2. The largest absolute Gasteiger partial charge is 0.350 e. The molecule has 1 aromatic rings. The van der Waals surface area contributed by atoms with Crippen LogP contribution in [0.1, 0.15) is 62.0 Å². The van der Waals surface area contributed by atoms with Gasteiger partial charge < -0.3 is 10.6 Å². The van der Waals surface area contributed by atoms with Gasteiger partial charge in [-0.1, -0.05) is 13.3 Å². The first kappa shape index (κ1) is 14.6. The summed E-state index contributed by atoms with van der Waals surface area (Å²) >= 11 is 0. The number of hydrogen-bond acceptors (Lipinski definition) is 3. The molecule has 1 atom stereocenters. The molecule has 21 heavy (non-hydrogen) atoms. The van der Waals surface area contributed by atoms with Gasteiger partial charge in [-0.2, -0.15) is 5.10 Å². The van der Waals surface area contributed by atoms with Crippen LogP contribution in [0.2, 0.25) is 0 Å². The van der Waals surface area contributed by atoms with E-state index in [-0.39, 0.29) is 5.91 Å². The lowest BCUT2D eigenvalue weighted by Crippen LogP contribution is -2.33. The molecule has 1 unspecified atom stereocenters. The maximum atomic E-state index is 12.2. The zero-order valence-electron chi connectivity index (χ0n) is 12.9. The van der Waals surface area contributed by atoms with E-state index in [0.29, 0.717) is 17.2 Å². The van der Waals surface area contributed by atoms with Crippen molar-refractivity contribution in [2.75, 3.05) is 19.6 Å². The molecule has 5 heteroatoms. The number of nitrogens with zero attached hydrogens (tertiary/aromatic N) is 2. The first-order valence-electron chi connectivity index (χ1n) is 8.26. The number of hydrogen-bond donors (Lipinski definition) is 2. The Morgan fingerprint density at radius 1 is 1.57 bits per heavy atom. The van der Waals surface area contributed by atoms with E-state index in [1.54, 1.807) is 0 Å². The summed E-state index contributed by atoms with van der Waals surface area (Å²) in [5.41, 5.74) is 0.938. The average molecular weight is 290 g/mol. The molecule has 116 valence electrons. The number of carbonyl (C=O) groups is 1. The molecule has 2 N–H and O–H groups in total. The minimum absolute atomic E-state index is 0.0279. The SMILES string of the molecule is CCCC1(CNC(=O)c2ccn(C3CCCNC3)n2)CC1. The summed E-state index contributed by atoms with van der Waals surface area (Å²) in [6.07, 6.45) is 9.16. The fourth-order valence-corrected chi connectivity index (χ4v) is 3.30. The molecule has 1 aromatic heterocycles. The molecule has 2 aliphatic rings. The van der Waals surface area contributed by atoms with Gasteiger partial charge in [0.1, 0.15) is 5.69 Å². The monoisotopic (exact) mass is 290 g/mol. The Morgan fingerprint density at radius 3 is 3.10 bits per heavy atom. The molecule has 1 saturated carbocycles. The third-order valence-corrected chi connectivity index (χ3v) is 4.85. The van der Waals surface area contributed by atoms with Gasteiger partial charge in [-0.3, -0.25) is 9.48 Å². The van der Waals surface area contributed by atoms with Crippen LogP contribution in [0.15, 0.2) is 12.3 Å². The molecule has 0 aromatic carbocycles. The Bertz CT molecular complexity index is 486. The van der Waals surface area contributed by atoms with E-state index in [1.807, 2.05) is 16.9 Å². The van der Waals surface area contributed by atoms with Crippen LogP contribution in [-0.2, 0) is 0 Å². The molecule has 0 radical (unpaired) electrons. The van der Waals surface area contributed by atoms with Crippen molar-refractivity contribution in [2.45, 2.75) is 51.5 Å². The van der Waals surface area contributed by atoms with Crippen LogP contribution in [0.4, 0.5) is 0 Å². The van der Waals surface area contributed by atoms with Crippen LogP contribution in [0.25, 0.3) is 0 Å². The molecule has 3 rings (SSSR count). The first-order valence-corrected chi connectivity index (χ1v) is 8.26. The van der Waals surface area contributed by atoms with E-state index in [9.17, 15) is 4.79 Å². The number of piperidine rings is 1. The second-order valence-electron chi connectivity index (χ2n) is 6.61. The molecule has 0 bridgehead atoms. The van der Waals surface area contributed by atoms with E-state index in [1.165, 1.54) is 32.1 Å². The summed E-state index contributed by atoms with van der Waals surface area (Å²) in [6, 6.07) is 2.22. The predicted octanol–water partition coefficient (Wildman–Crippen LogP) is 2.12. The first-order chi connectivity index (χ1) is 10.2. The number of amides is 1. The number of rotatable bonds is 6. The van der Waals surface area contributed by atoms with Crippen molar-refractivity contribution < 1.29 is 4.79 Å². The zero-order chi connectivity index (χ0) is 14.7. The molecule has 1 amide bonds. The Labute approximate surface area is 126 Å². The molecule has 2 heterocycles. The van der Waals surface area contributed by atoms with Crippen molar-refractivity contribution in [3.05, 3.63) is 18.0 Å². The third-order valence-electron chi connectivity index (χ3n) is 4.85. The summed E-state index contributed by atoms with van der Waals surface area (Å²) in [5.74, 6) is -0.0279. The van der Waals surface area contributed by atoms with Gasteiger partial charge in [0.05, 0.1) is 6.04 Å². The molecule has 1 saturated heterocycles. The minimum atomic E-state index is -0.0279. The highest BCUT2D eigenvalue weighted by atomic mass is 16.1. The van der Waals surface area contributed by atoms with Crippen molar-refractivity contribution in [3.63, 3.8) is 0 Å². The second kappa shape index (κ2) is 6.18. The summed E-state index contributed by atoms with van der Waals surface area (Å²) < 4.78 is 1.94. The summed E-state index contributed by atoms with van der Waals surface area (Å²) in [5, 5.41) is 10.9. The van der Waals surface area contributed by atoms with Gasteiger partial charge in [0.2, 0.25) is 0 Å². The predicted molar refractivity (Wildman–Crippen MR) is 82.3 cm³/mol. The summed E-state index contributed by atoms with van der Waals surface area (Å²) in [4.78, 5) is 12.2. The van der Waals surface area contributed by atoms with Crippen LogP contribution in [0.3, 0.4) is 0 Å². The number of nitrogens with one attached hydrogen (secondary N) is 2. The molecular weight excluding hydrogens is 264 g/mol. The van der Waals surface area contributed by atoms with Gasteiger partial charge in [-0.05, 0) is 50.1 Å². The van der Waals surface area contributed by atoms with Crippen molar-refractivity contribution in [3.8, 4) is 0 Å². The Kier molecular flexibility index (Phi) is 4.29. The van der Waals surface area contributed by atoms with E-state index >= 15 is 0 Å². The molecule has 5 nitrogen and oxygen atoms in total. The normalized spacial score (nSPS) is 23.8. The maximum Gasteiger partial charge on any atom is 0.271 e. The van der Waals surface area contributed by atoms with Crippen LogP contribution in [0, 0.1) is 5.41 Å². The van der Waals surface area contributed by atoms with Gasteiger partial charge in [0.25, 0.3) is 5.91 Å². The molecule has 0 spiro atoms. The fourth-order valence-electron chi connectivity index (χ4n) is 3.30. The number of carbonyl (C=O) groups excluding carboxylic acids is 1. The van der Waals surface area contributed by atoms with Gasteiger partial charge in [0.15, 0.2) is 0 Å². The lowest BCUT2D eigenvalue weighted by Gasteiger charge is -2.22. The highest BCUT2D eigenvalue weighted by Crippen LogP contribution is 2.48. The standard InChI is InChI=1S/C16H26N4O/c1-2-6-16(7-8-16)12-18-15(21)14-5-10-20(19-14)13-4-3-9-17-11-13/h5,10,13,17H,2-4,6-9,11-12H2,1H3,(H,18,21). The Hall–Kier alpha value is -1.36. The molecule has 2 fully saturated rings. The highest BCUT2D eigenvalue weighted by Gasteiger charge is 2.41. The second-order valence-corrected chi connectivity index (χ2v) is 6.61. The average Bonchev–Trinajstić information content (AvgIpc) is 3.10. The van der Waals surface area contributed by atoms with Gasteiger partial charge >= 0.3 is 0 Å². The van der Waals surface area contributed by atoms with Gasteiger partial charge in [0, 0.05) is 19.3 Å². The van der Waals surface area contributed by atoms with E-state index < -0.39 is 0 Å². The van der Waals surface area contributed by atoms with Crippen molar-refractivity contribution in [2.24, 2.45) is 5.41 Å². The van der Waals surface area contributed by atoms with Crippen molar-refractivity contribution in [1.29, 1.82) is 0 Å². The molecular formula is C16H26N4O. The van der Waals surface area contributed by atoms with Gasteiger partial charge in [-0.15, -0.1) is 0 Å². The number of aromatic nitrogens is 2. The lowest BCUT2D eigenvalue weighted by molar-refractivity contribution is 0.0937. The molecule has 1 aliphatic heterocycles. The highest BCUT2D eigenvalue weighted by molar-refractivity contribution is 5.92. The smallest absolute Gasteiger partial charge is 0.271 e. The van der Waals surface area contributed by atoms with Gasteiger partial charge in [-0.25, -0.2) is 0 Å². The third kappa shape index (κ3) is 3.46. The van der Waals surface area contributed by atoms with E-state index in [0.717, 1.165) is 26.1 Å².